The SMILES string of the molecule is O=C(O)n1nccn1.[NaH]. The maximum atomic E-state index is 9.90. The fraction of sp³-hybridized carbons (Fsp3) is 0. The van der Waals surface area contributed by atoms with Crippen LogP contribution in [0.4, 0.5) is 4.79 Å². The molecule has 5 nitrogen and oxygen atoms in total. The average Bonchev–Trinajstić information content (AvgIpc) is 2.12. The number of hydrogen-bond acceptors (Lipinski definition) is 3. The zero-order chi connectivity index (χ0) is 5.98. The molecule has 0 amide bonds. The van der Waals surface area contributed by atoms with Gasteiger partial charge in [0.15, 0.2) is 0 Å². The molecule has 0 aliphatic rings. The van der Waals surface area contributed by atoms with Crippen molar-refractivity contribution >= 4 is 35.7 Å². The Balaban J connectivity index is 0.000000640. The summed E-state index contributed by atoms with van der Waals surface area (Å²) in [6.45, 7) is 0. The first-order chi connectivity index (χ1) is 3.80. The van der Waals surface area contributed by atoms with Gasteiger partial charge < -0.3 is 5.11 Å². The molecule has 6 heteroatoms. The minimum absolute atomic E-state index is 0. The molecule has 1 aromatic rings. The van der Waals surface area contributed by atoms with Crippen LogP contribution in [0.3, 0.4) is 0 Å². The van der Waals surface area contributed by atoms with E-state index in [0.717, 1.165) is 0 Å². The van der Waals surface area contributed by atoms with Crippen molar-refractivity contribution in [3.05, 3.63) is 12.4 Å². The standard InChI is InChI=1S/C3H3N3O2.Na.H/c7-3(8)6-4-1-2-5-6;;/h1-2H,(H,7,8);;. The van der Waals surface area contributed by atoms with Gasteiger partial charge in [-0.05, 0) is 0 Å². The predicted molar refractivity (Wildman–Crippen MR) is 30.6 cm³/mol. The summed E-state index contributed by atoms with van der Waals surface area (Å²) in [5, 5.41) is 14.8. The summed E-state index contributed by atoms with van der Waals surface area (Å²) in [5.74, 6) is 0. The van der Waals surface area contributed by atoms with Crippen LogP contribution in [-0.4, -0.2) is 55.8 Å². The van der Waals surface area contributed by atoms with Crippen LogP contribution in [0.15, 0.2) is 12.4 Å². The summed E-state index contributed by atoms with van der Waals surface area (Å²) in [6.07, 6.45) is 1.43. The van der Waals surface area contributed by atoms with Crippen molar-refractivity contribution in [3.8, 4) is 0 Å². The molecule has 0 aromatic carbocycles. The Hall–Kier alpha value is -0.390. The molecule has 0 spiro atoms. The minimum atomic E-state index is -1.17. The molecule has 0 radical (unpaired) electrons. The number of aromatic nitrogens is 3. The van der Waals surface area contributed by atoms with Gasteiger partial charge in [-0.3, -0.25) is 0 Å². The second-order valence-electron chi connectivity index (χ2n) is 1.10. The first-order valence-electron chi connectivity index (χ1n) is 1.90. The van der Waals surface area contributed by atoms with Crippen molar-refractivity contribution in [2.75, 3.05) is 0 Å². The number of carbonyl (C=O) groups is 1. The van der Waals surface area contributed by atoms with Gasteiger partial charge in [0.25, 0.3) is 0 Å². The molecule has 0 aliphatic carbocycles. The van der Waals surface area contributed by atoms with E-state index < -0.39 is 6.09 Å². The zero-order valence-electron chi connectivity index (χ0n) is 3.85. The number of hydrogen-bond donors (Lipinski definition) is 1. The van der Waals surface area contributed by atoms with Crippen LogP contribution < -0.4 is 0 Å². The normalized spacial score (nSPS) is 8.00. The third kappa shape index (κ3) is 2.13. The summed E-state index contributed by atoms with van der Waals surface area (Å²) >= 11 is 0. The van der Waals surface area contributed by atoms with Crippen molar-refractivity contribution in [3.63, 3.8) is 0 Å². The van der Waals surface area contributed by atoms with Crippen molar-refractivity contribution in [2.45, 2.75) is 0 Å². The molecule has 1 heterocycles. The second kappa shape index (κ2) is 3.60. The molecule has 0 atom stereocenters. The molecule has 0 fully saturated rings. The van der Waals surface area contributed by atoms with Gasteiger partial charge in [0, 0.05) is 0 Å². The van der Waals surface area contributed by atoms with Gasteiger partial charge in [0.05, 0.1) is 12.4 Å². The third-order valence-electron chi connectivity index (χ3n) is 0.590. The molecule has 0 saturated carbocycles. The van der Waals surface area contributed by atoms with Crippen molar-refractivity contribution in [2.24, 2.45) is 0 Å². The summed E-state index contributed by atoms with van der Waals surface area (Å²) in [5.41, 5.74) is 0. The number of nitrogens with zero attached hydrogens (tertiary/aromatic N) is 3. The maximum absolute atomic E-state index is 9.90. The molecule has 0 unspecified atom stereocenters. The van der Waals surface area contributed by atoms with E-state index in [0.29, 0.717) is 4.80 Å². The van der Waals surface area contributed by atoms with Crippen LogP contribution in [0.2, 0.25) is 0 Å². The first kappa shape index (κ1) is 8.61. The van der Waals surface area contributed by atoms with Gasteiger partial charge >= 0.3 is 35.7 Å². The van der Waals surface area contributed by atoms with Crippen molar-refractivity contribution < 1.29 is 9.90 Å². The third-order valence-corrected chi connectivity index (χ3v) is 0.590. The zero-order valence-corrected chi connectivity index (χ0v) is 3.85. The predicted octanol–water partition coefficient (Wildman–Crippen LogP) is -0.844. The van der Waals surface area contributed by atoms with Gasteiger partial charge in [-0.25, -0.2) is 4.79 Å². The molecule has 1 N–H and O–H groups in total. The van der Waals surface area contributed by atoms with Gasteiger partial charge in [0.1, 0.15) is 0 Å². The van der Waals surface area contributed by atoms with Crippen molar-refractivity contribution in [1.82, 2.24) is 15.0 Å². The van der Waals surface area contributed by atoms with Crippen LogP contribution in [0, 0.1) is 0 Å². The Morgan fingerprint density at radius 3 is 2.11 bits per heavy atom. The van der Waals surface area contributed by atoms with E-state index in [4.69, 9.17) is 5.11 Å². The molecule has 0 saturated heterocycles. The fourth-order valence-corrected chi connectivity index (χ4v) is 0.315. The molecular formula is C3H4N3NaO2. The monoisotopic (exact) mass is 137 g/mol. The Morgan fingerprint density at radius 2 is 1.89 bits per heavy atom. The first-order valence-corrected chi connectivity index (χ1v) is 1.90. The van der Waals surface area contributed by atoms with Crippen LogP contribution >= 0.6 is 0 Å². The Morgan fingerprint density at radius 1 is 1.44 bits per heavy atom. The van der Waals surface area contributed by atoms with Gasteiger partial charge in [-0.1, -0.05) is 4.80 Å². The van der Waals surface area contributed by atoms with Crippen molar-refractivity contribution in [1.29, 1.82) is 0 Å². The molecule has 9 heavy (non-hydrogen) atoms. The van der Waals surface area contributed by atoms with E-state index in [9.17, 15) is 4.79 Å². The molecule has 0 bridgehead atoms. The summed E-state index contributed by atoms with van der Waals surface area (Å²) in [7, 11) is 0. The van der Waals surface area contributed by atoms with E-state index >= 15 is 0 Å². The van der Waals surface area contributed by atoms with Crippen LogP contribution in [0.5, 0.6) is 0 Å². The van der Waals surface area contributed by atoms with Gasteiger partial charge in [-0.2, -0.15) is 10.2 Å². The summed E-state index contributed by atoms with van der Waals surface area (Å²) < 4.78 is 0. The molecule has 0 aliphatic heterocycles. The van der Waals surface area contributed by atoms with Crippen LogP contribution in [0.25, 0.3) is 0 Å². The Bertz CT molecular complexity index is 185. The van der Waals surface area contributed by atoms with Crippen LogP contribution in [0.1, 0.15) is 0 Å². The Kier molecular flexibility index (Phi) is 3.44. The number of carboxylic acid groups (broad SMARTS) is 1. The summed E-state index contributed by atoms with van der Waals surface area (Å²) in [6, 6.07) is 0. The van der Waals surface area contributed by atoms with E-state index in [1.165, 1.54) is 12.4 Å². The van der Waals surface area contributed by atoms with Gasteiger partial charge in [-0.15, -0.1) is 0 Å². The topological polar surface area (TPSA) is 68.0 Å². The second-order valence-corrected chi connectivity index (χ2v) is 1.10. The number of rotatable bonds is 0. The van der Waals surface area contributed by atoms with E-state index in [-0.39, 0.29) is 29.6 Å². The molecule has 1 rings (SSSR count). The Labute approximate surface area is 73.0 Å². The van der Waals surface area contributed by atoms with E-state index in [1.54, 1.807) is 0 Å². The molecule has 1 aromatic heterocycles. The van der Waals surface area contributed by atoms with Crippen LogP contribution in [-0.2, 0) is 0 Å². The quantitative estimate of drug-likeness (QED) is 0.473. The van der Waals surface area contributed by atoms with Gasteiger partial charge in [0.2, 0.25) is 0 Å². The fourth-order valence-electron chi connectivity index (χ4n) is 0.315. The average molecular weight is 137 g/mol. The molecule has 44 valence electrons. The van der Waals surface area contributed by atoms with E-state index in [1.807, 2.05) is 0 Å². The molecular weight excluding hydrogens is 133 g/mol. The summed E-state index contributed by atoms with van der Waals surface area (Å²) in [4.78, 5) is 10.5. The van der Waals surface area contributed by atoms with E-state index in [2.05, 4.69) is 10.2 Å².